The van der Waals surface area contributed by atoms with Crippen molar-refractivity contribution >= 4 is 21.6 Å². The van der Waals surface area contributed by atoms with Crippen molar-refractivity contribution < 1.29 is 13.2 Å². The number of anilines is 1. The van der Waals surface area contributed by atoms with E-state index in [0.717, 1.165) is 29.7 Å². The third-order valence-corrected chi connectivity index (χ3v) is 5.43. The van der Waals surface area contributed by atoms with Crippen molar-refractivity contribution in [3.63, 3.8) is 0 Å². The van der Waals surface area contributed by atoms with Crippen LogP contribution in [-0.2, 0) is 27.7 Å². The molecule has 0 radical (unpaired) electrons. The Morgan fingerprint density at radius 3 is 1.88 bits per heavy atom. The van der Waals surface area contributed by atoms with Gasteiger partial charge in [0.05, 0.1) is 11.9 Å². The number of hydrogen-bond donors (Lipinski definition) is 0. The number of rotatable bonds is 9. The molecule has 0 fully saturated rings. The molecular formula is C18H30N2O3S. The first-order valence-electron chi connectivity index (χ1n) is 8.66. The fraction of sp³-hybridized carbons (Fsp3) is 0.611. The molecule has 0 aliphatic carbocycles. The fourth-order valence-corrected chi connectivity index (χ4v) is 3.90. The summed E-state index contributed by atoms with van der Waals surface area (Å²) in [5.41, 5.74) is 2.74. The van der Waals surface area contributed by atoms with E-state index in [0.29, 0.717) is 13.1 Å². The molecule has 1 rings (SSSR count). The van der Waals surface area contributed by atoms with E-state index in [1.54, 1.807) is 4.90 Å². The number of benzene rings is 1. The van der Waals surface area contributed by atoms with Gasteiger partial charge in [-0.1, -0.05) is 32.0 Å². The summed E-state index contributed by atoms with van der Waals surface area (Å²) in [5.74, 6) is -0.0133. The van der Waals surface area contributed by atoms with Crippen LogP contribution in [0.2, 0.25) is 0 Å². The Hall–Kier alpha value is -1.56. The molecule has 0 saturated heterocycles. The van der Waals surface area contributed by atoms with Gasteiger partial charge in [0.2, 0.25) is 15.9 Å². The standard InChI is InChI=1S/C18H30N2O3S/c1-6-15-11-10-12-16(7-2)18(15)20(24(5,22)23)14-13-17(21)19(8-3)9-4/h10-12H,6-9,13-14H2,1-5H3. The average Bonchev–Trinajstić information content (AvgIpc) is 2.54. The summed E-state index contributed by atoms with van der Waals surface area (Å²) in [6, 6.07) is 5.88. The van der Waals surface area contributed by atoms with Crippen molar-refractivity contribution in [1.29, 1.82) is 0 Å². The molecule has 0 bridgehead atoms. The fourth-order valence-electron chi connectivity index (χ4n) is 2.91. The van der Waals surface area contributed by atoms with Crippen molar-refractivity contribution in [2.45, 2.75) is 47.0 Å². The van der Waals surface area contributed by atoms with Crippen LogP contribution in [0.25, 0.3) is 0 Å². The highest BCUT2D eigenvalue weighted by Crippen LogP contribution is 2.29. The number of carbonyl (C=O) groups excluding carboxylic acids is 1. The number of para-hydroxylation sites is 1. The highest BCUT2D eigenvalue weighted by Gasteiger charge is 2.24. The first-order chi connectivity index (χ1) is 11.3. The SMILES string of the molecule is CCc1cccc(CC)c1N(CCC(=O)N(CC)CC)S(C)(=O)=O. The van der Waals surface area contributed by atoms with Crippen LogP contribution >= 0.6 is 0 Å². The topological polar surface area (TPSA) is 57.7 Å². The zero-order valence-electron chi connectivity index (χ0n) is 15.5. The number of carbonyl (C=O) groups is 1. The molecule has 6 heteroatoms. The Bertz CT molecular complexity index is 630. The molecule has 0 unspecified atom stereocenters. The second kappa shape index (κ2) is 9.06. The molecule has 1 aromatic rings. The number of amides is 1. The lowest BCUT2D eigenvalue weighted by atomic mass is 10.0. The molecule has 0 aromatic heterocycles. The molecule has 24 heavy (non-hydrogen) atoms. The van der Waals surface area contributed by atoms with Crippen molar-refractivity contribution in [2.75, 3.05) is 30.2 Å². The Morgan fingerprint density at radius 2 is 1.50 bits per heavy atom. The number of hydrogen-bond acceptors (Lipinski definition) is 3. The second-order valence-corrected chi connectivity index (χ2v) is 7.69. The summed E-state index contributed by atoms with van der Waals surface area (Å²) in [6.45, 7) is 9.34. The van der Waals surface area contributed by atoms with E-state index in [9.17, 15) is 13.2 Å². The first kappa shape index (κ1) is 20.5. The Balaban J connectivity index is 3.19. The molecule has 136 valence electrons. The predicted octanol–water partition coefficient (Wildman–Crippen LogP) is 2.84. The molecule has 1 amide bonds. The molecule has 0 spiro atoms. The quantitative estimate of drug-likeness (QED) is 0.685. The molecule has 5 nitrogen and oxygen atoms in total. The maximum atomic E-state index is 12.4. The van der Waals surface area contributed by atoms with E-state index in [-0.39, 0.29) is 18.9 Å². The van der Waals surface area contributed by atoms with Crippen LogP contribution < -0.4 is 4.31 Å². The van der Waals surface area contributed by atoms with Crippen molar-refractivity contribution in [1.82, 2.24) is 4.90 Å². The minimum atomic E-state index is -3.46. The van der Waals surface area contributed by atoms with E-state index in [4.69, 9.17) is 0 Å². The van der Waals surface area contributed by atoms with Gasteiger partial charge >= 0.3 is 0 Å². The highest BCUT2D eigenvalue weighted by molar-refractivity contribution is 7.92. The maximum absolute atomic E-state index is 12.4. The normalized spacial score (nSPS) is 11.4. The minimum Gasteiger partial charge on any atom is -0.343 e. The number of nitrogens with zero attached hydrogens (tertiary/aromatic N) is 2. The van der Waals surface area contributed by atoms with E-state index < -0.39 is 10.0 Å². The summed E-state index contributed by atoms with van der Waals surface area (Å²) in [5, 5.41) is 0. The van der Waals surface area contributed by atoms with E-state index in [1.807, 2.05) is 45.9 Å². The van der Waals surface area contributed by atoms with Crippen LogP contribution in [0.3, 0.4) is 0 Å². The van der Waals surface area contributed by atoms with Crippen LogP contribution in [0.1, 0.15) is 45.2 Å². The highest BCUT2D eigenvalue weighted by atomic mass is 32.2. The van der Waals surface area contributed by atoms with Crippen LogP contribution in [0.5, 0.6) is 0 Å². The molecule has 0 saturated carbocycles. The molecule has 0 heterocycles. The Labute approximate surface area is 146 Å². The van der Waals surface area contributed by atoms with Crippen molar-refractivity contribution in [3.8, 4) is 0 Å². The lowest BCUT2D eigenvalue weighted by Gasteiger charge is -2.28. The summed E-state index contributed by atoms with van der Waals surface area (Å²) in [6.07, 6.45) is 2.90. The van der Waals surface area contributed by atoms with Gasteiger partial charge in [-0.2, -0.15) is 0 Å². The van der Waals surface area contributed by atoms with E-state index >= 15 is 0 Å². The van der Waals surface area contributed by atoms with Crippen LogP contribution in [0, 0.1) is 0 Å². The van der Waals surface area contributed by atoms with Crippen LogP contribution in [0.15, 0.2) is 18.2 Å². The zero-order valence-corrected chi connectivity index (χ0v) is 16.3. The average molecular weight is 355 g/mol. The van der Waals surface area contributed by atoms with Gasteiger partial charge in [-0.25, -0.2) is 8.42 Å². The molecule has 0 N–H and O–H groups in total. The van der Waals surface area contributed by atoms with Crippen molar-refractivity contribution in [3.05, 3.63) is 29.3 Å². The smallest absolute Gasteiger partial charge is 0.232 e. The third-order valence-electron chi connectivity index (χ3n) is 4.26. The number of aryl methyl sites for hydroxylation is 2. The lowest BCUT2D eigenvalue weighted by Crippen LogP contribution is -2.37. The van der Waals surface area contributed by atoms with Gasteiger partial charge in [0, 0.05) is 26.1 Å². The van der Waals surface area contributed by atoms with Crippen LogP contribution in [-0.4, -0.2) is 45.1 Å². The van der Waals surface area contributed by atoms with Gasteiger partial charge in [-0.05, 0) is 37.8 Å². The molecule has 0 aliphatic rings. The lowest BCUT2D eigenvalue weighted by molar-refractivity contribution is -0.130. The van der Waals surface area contributed by atoms with Gasteiger partial charge in [0.1, 0.15) is 0 Å². The van der Waals surface area contributed by atoms with Gasteiger partial charge in [0.25, 0.3) is 0 Å². The Morgan fingerprint density at radius 1 is 1.00 bits per heavy atom. The van der Waals surface area contributed by atoms with Gasteiger partial charge in [0.15, 0.2) is 0 Å². The summed E-state index contributed by atoms with van der Waals surface area (Å²) in [7, 11) is -3.46. The van der Waals surface area contributed by atoms with Crippen LogP contribution in [0.4, 0.5) is 5.69 Å². The minimum absolute atomic E-state index is 0.0133. The molecular weight excluding hydrogens is 324 g/mol. The van der Waals surface area contributed by atoms with Gasteiger partial charge in [-0.3, -0.25) is 9.10 Å². The molecule has 1 aromatic carbocycles. The Kier molecular flexibility index (Phi) is 7.73. The zero-order chi connectivity index (χ0) is 18.3. The van der Waals surface area contributed by atoms with Crippen molar-refractivity contribution in [2.24, 2.45) is 0 Å². The largest absolute Gasteiger partial charge is 0.343 e. The van der Waals surface area contributed by atoms with Gasteiger partial charge < -0.3 is 4.90 Å². The predicted molar refractivity (Wildman–Crippen MR) is 99.9 cm³/mol. The third kappa shape index (κ3) is 4.97. The summed E-state index contributed by atoms with van der Waals surface area (Å²) in [4.78, 5) is 14.0. The van der Waals surface area contributed by atoms with E-state index in [2.05, 4.69) is 0 Å². The summed E-state index contributed by atoms with van der Waals surface area (Å²) < 4.78 is 26.2. The molecule has 0 atom stereocenters. The van der Waals surface area contributed by atoms with Gasteiger partial charge in [-0.15, -0.1) is 0 Å². The summed E-state index contributed by atoms with van der Waals surface area (Å²) >= 11 is 0. The molecule has 0 aliphatic heterocycles. The number of sulfonamides is 1. The maximum Gasteiger partial charge on any atom is 0.232 e. The van der Waals surface area contributed by atoms with E-state index in [1.165, 1.54) is 10.6 Å². The monoisotopic (exact) mass is 354 g/mol. The first-order valence-corrected chi connectivity index (χ1v) is 10.5. The second-order valence-electron chi connectivity index (χ2n) is 5.78.